The third kappa shape index (κ3) is 3.85. The molecule has 0 aliphatic heterocycles. The van der Waals surface area contributed by atoms with Gasteiger partial charge in [-0.05, 0) is 49.6 Å². The number of nitrogens with one attached hydrogen (secondary N) is 1. The maximum Gasteiger partial charge on any atom is 0.228 e. The van der Waals surface area contributed by atoms with Gasteiger partial charge in [0, 0.05) is 16.6 Å². The van der Waals surface area contributed by atoms with Crippen LogP contribution >= 0.6 is 0 Å². The molecule has 3 rings (SSSR count). The van der Waals surface area contributed by atoms with E-state index in [1.165, 1.54) is 18.4 Å². The van der Waals surface area contributed by atoms with E-state index in [4.69, 9.17) is 4.42 Å². The van der Waals surface area contributed by atoms with E-state index < -0.39 is 0 Å². The Labute approximate surface area is 142 Å². The molecule has 0 atom stereocenters. The predicted molar refractivity (Wildman–Crippen MR) is 98.3 cm³/mol. The van der Waals surface area contributed by atoms with Crippen LogP contribution in [0.3, 0.4) is 0 Å². The minimum atomic E-state index is -0.0273. The lowest BCUT2D eigenvalue weighted by molar-refractivity contribution is -0.115. The number of hydrogen-bond donors (Lipinski definition) is 1. The van der Waals surface area contributed by atoms with Crippen molar-refractivity contribution in [2.24, 2.45) is 0 Å². The molecule has 24 heavy (non-hydrogen) atoms. The minimum absolute atomic E-state index is 0.0273. The standard InChI is InChI=1S/C21H23NO2/c1-3-4-5-16-7-9-18(10-8-16)22-21(23)13-17-14-24-20-11-6-15(2)12-19(17)20/h6-12,14H,3-5,13H2,1-2H3,(H,22,23). The number of anilines is 1. The number of carbonyl (C=O) groups is 1. The zero-order valence-corrected chi connectivity index (χ0v) is 14.3. The van der Waals surface area contributed by atoms with Crippen LogP contribution in [0.15, 0.2) is 53.1 Å². The summed E-state index contributed by atoms with van der Waals surface area (Å²) in [6, 6.07) is 14.1. The molecule has 0 fully saturated rings. The van der Waals surface area contributed by atoms with Gasteiger partial charge < -0.3 is 9.73 Å². The highest BCUT2D eigenvalue weighted by atomic mass is 16.3. The average Bonchev–Trinajstić information content (AvgIpc) is 2.96. The van der Waals surface area contributed by atoms with Crippen LogP contribution in [0, 0.1) is 6.92 Å². The Hall–Kier alpha value is -2.55. The Morgan fingerprint density at radius 2 is 1.92 bits per heavy atom. The van der Waals surface area contributed by atoms with Gasteiger partial charge >= 0.3 is 0 Å². The zero-order valence-electron chi connectivity index (χ0n) is 14.3. The largest absolute Gasteiger partial charge is 0.464 e. The number of carbonyl (C=O) groups excluding carboxylic acids is 1. The van der Waals surface area contributed by atoms with Crippen LogP contribution in [0.5, 0.6) is 0 Å². The normalized spacial score (nSPS) is 10.9. The molecule has 0 aliphatic carbocycles. The number of unbranched alkanes of at least 4 members (excludes halogenated alkanes) is 1. The Kier molecular flexibility index (Phi) is 4.99. The van der Waals surface area contributed by atoms with Gasteiger partial charge in [-0.2, -0.15) is 0 Å². The number of rotatable bonds is 6. The lowest BCUT2D eigenvalue weighted by atomic mass is 10.1. The van der Waals surface area contributed by atoms with Crippen LogP contribution in [0.2, 0.25) is 0 Å². The number of fused-ring (bicyclic) bond motifs is 1. The summed E-state index contributed by atoms with van der Waals surface area (Å²) in [6.45, 7) is 4.23. The van der Waals surface area contributed by atoms with E-state index in [0.29, 0.717) is 6.42 Å². The number of hydrogen-bond acceptors (Lipinski definition) is 2. The molecular formula is C21H23NO2. The predicted octanol–water partition coefficient (Wildman–Crippen LogP) is 5.27. The molecule has 0 saturated carbocycles. The summed E-state index contributed by atoms with van der Waals surface area (Å²) in [6.07, 6.45) is 5.46. The Morgan fingerprint density at radius 1 is 1.12 bits per heavy atom. The van der Waals surface area contributed by atoms with Gasteiger partial charge in [0.2, 0.25) is 5.91 Å². The fraction of sp³-hybridized carbons (Fsp3) is 0.286. The molecular weight excluding hydrogens is 298 g/mol. The van der Waals surface area contributed by atoms with Gasteiger partial charge in [-0.15, -0.1) is 0 Å². The second kappa shape index (κ2) is 7.35. The molecule has 0 spiro atoms. The third-order valence-electron chi connectivity index (χ3n) is 4.22. The van der Waals surface area contributed by atoms with Crippen LogP contribution in [0.25, 0.3) is 11.0 Å². The fourth-order valence-electron chi connectivity index (χ4n) is 2.85. The van der Waals surface area contributed by atoms with Crippen LogP contribution in [-0.2, 0) is 17.6 Å². The second-order valence-corrected chi connectivity index (χ2v) is 6.29. The molecule has 1 N–H and O–H groups in total. The summed E-state index contributed by atoms with van der Waals surface area (Å²) in [5, 5.41) is 3.98. The van der Waals surface area contributed by atoms with Gasteiger partial charge in [-0.3, -0.25) is 4.79 Å². The van der Waals surface area contributed by atoms with E-state index in [1.54, 1.807) is 6.26 Å². The van der Waals surface area contributed by atoms with Gasteiger partial charge in [-0.1, -0.05) is 37.1 Å². The molecule has 124 valence electrons. The van der Waals surface area contributed by atoms with Crippen molar-refractivity contribution in [3.05, 3.63) is 65.4 Å². The molecule has 0 saturated heterocycles. The monoisotopic (exact) mass is 321 g/mol. The summed E-state index contributed by atoms with van der Waals surface area (Å²) >= 11 is 0. The van der Waals surface area contributed by atoms with Gasteiger partial charge in [0.05, 0.1) is 12.7 Å². The van der Waals surface area contributed by atoms with Gasteiger partial charge in [0.15, 0.2) is 0 Å². The van der Waals surface area contributed by atoms with Crippen molar-refractivity contribution >= 4 is 22.6 Å². The van der Waals surface area contributed by atoms with Crippen molar-refractivity contribution < 1.29 is 9.21 Å². The van der Waals surface area contributed by atoms with E-state index >= 15 is 0 Å². The smallest absolute Gasteiger partial charge is 0.228 e. The van der Waals surface area contributed by atoms with E-state index in [2.05, 4.69) is 30.4 Å². The first-order valence-corrected chi connectivity index (χ1v) is 8.51. The highest BCUT2D eigenvalue weighted by Gasteiger charge is 2.11. The van der Waals surface area contributed by atoms with E-state index in [0.717, 1.165) is 34.2 Å². The lowest BCUT2D eigenvalue weighted by Crippen LogP contribution is -2.14. The first-order valence-electron chi connectivity index (χ1n) is 8.51. The number of furan rings is 1. The number of amides is 1. The van der Waals surface area contributed by atoms with Crippen molar-refractivity contribution in [2.75, 3.05) is 5.32 Å². The minimum Gasteiger partial charge on any atom is -0.464 e. The summed E-state index contributed by atoms with van der Waals surface area (Å²) < 4.78 is 5.53. The van der Waals surface area contributed by atoms with Crippen molar-refractivity contribution in [2.45, 2.75) is 39.5 Å². The van der Waals surface area contributed by atoms with Gasteiger partial charge in [0.1, 0.15) is 5.58 Å². The first kappa shape index (κ1) is 16.3. The van der Waals surface area contributed by atoms with Gasteiger partial charge in [-0.25, -0.2) is 0 Å². The fourth-order valence-corrected chi connectivity index (χ4v) is 2.85. The summed E-state index contributed by atoms with van der Waals surface area (Å²) in [4.78, 5) is 12.3. The van der Waals surface area contributed by atoms with Crippen molar-refractivity contribution in [3.8, 4) is 0 Å². The van der Waals surface area contributed by atoms with Crippen molar-refractivity contribution in [1.29, 1.82) is 0 Å². The quantitative estimate of drug-likeness (QED) is 0.672. The number of benzene rings is 2. The van der Waals surface area contributed by atoms with E-state index in [1.807, 2.05) is 31.2 Å². The van der Waals surface area contributed by atoms with E-state index in [-0.39, 0.29) is 5.91 Å². The molecule has 3 nitrogen and oxygen atoms in total. The number of aryl methyl sites for hydroxylation is 2. The Bertz CT molecular complexity index is 831. The molecule has 0 aliphatic rings. The zero-order chi connectivity index (χ0) is 16.9. The topological polar surface area (TPSA) is 42.2 Å². The summed E-state index contributed by atoms with van der Waals surface area (Å²) in [5.74, 6) is -0.0273. The SMILES string of the molecule is CCCCc1ccc(NC(=O)Cc2coc3ccc(C)cc23)cc1. The molecule has 1 aromatic heterocycles. The molecule has 3 heteroatoms. The van der Waals surface area contributed by atoms with Crippen LogP contribution in [0.4, 0.5) is 5.69 Å². The van der Waals surface area contributed by atoms with Crippen molar-refractivity contribution in [3.63, 3.8) is 0 Å². The van der Waals surface area contributed by atoms with Crippen molar-refractivity contribution in [1.82, 2.24) is 0 Å². The first-order chi connectivity index (χ1) is 11.7. The second-order valence-electron chi connectivity index (χ2n) is 6.29. The molecule has 0 unspecified atom stereocenters. The summed E-state index contributed by atoms with van der Waals surface area (Å²) in [5.41, 5.74) is 5.05. The lowest BCUT2D eigenvalue weighted by Gasteiger charge is -2.06. The Balaban J connectivity index is 1.65. The molecule has 2 aromatic carbocycles. The molecule has 1 heterocycles. The molecule has 0 radical (unpaired) electrons. The van der Waals surface area contributed by atoms with E-state index in [9.17, 15) is 4.79 Å². The average molecular weight is 321 g/mol. The molecule has 1 amide bonds. The van der Waals surface area contributed by atoms with Crippen LogP contribution in [0.1, 0.15) is 36.5 Å². The highest BCUT2D eigenvalue weighted by Crippen LogP contribution is 2.23. The molecule has 0 bridgehead atoms. The van der Waals surface area contributed by atoms with Gasteiger partial charge in [0.25, 0.3) is 0 Å². The summed E-state index contributed by atoms with van der Waals surface area (Å²) in [7, 11) is 0. The molecule has 3 aromatic rings. The maximum absolute atomic E-state index is 12.3. The Morgan fingerprint density at radius 3 is 2.67 bits per heavy atom. The highest BCUT2D eigenvalue weighted by molar-refractivity contribution is 5.95. The maximum atomic E-state index is 12.3. The van der Waals surface area contributed by atoms with Crippen LogP contribution in [-0.4, -0.2) is 5.91 Å². The van der Waals surface area contributed by atoms with Crippen LogP contribution < -0.4 is 5.32 Å². The third-order valence-corrected chi connectivity index (χ3v) is 4.22.